The average Bonchev–Trinajstić information content (AvgIpc) is 2.24. The highest BCUT2D eigenvalue weighted by Crippen LogP contribution is 2.30. The maximum absolute atomic E-state index is 10.3. The molecule has 0 spiro atoms. The van der Waals surface area contributed by atoms with E-state index in [0.29, 0.717) is 16.5 Å². The molecule has 0 atom stereocenters. The molecule has 0 bridgehead atoms. The van der Waals surface area contributed by atoms with Crippen molar-refractivity contribution in [3.05, 3.63) is 38.5 Å². The molecule has 0 aliphatic carbocycles. The van der Waals surface area contributed by atoms with Gasteiger partial charge in [-0.1, -0.05) is 15.9 Å². The zero-order chi connectivity index (χ0) is 12.7. The molecule has 0 unspecified atom stereocenters. The Morgan fingerprint density at radius 1 is 1.44 bits per heavy atom. The number of aldehydes is 1. The van der Waals surface area contributed by atoms with Crippen LogP contribution in [0, 0.1) is 0 Å². The van der Waals surface area contributed by atoms with Crippen LogP contribution in [-0.2, 0) is 0 Å². The van der Waals surface area contributed by atoms with Crippen molar-refractivity contribution in [3.8, 4) is 5.75 Å². The number of halogens is 2. The van der Waals surface area contributed by atoms with Crippen molar-refractivity contribution in [2.45, 2.75) is 6.92 Å². The fourth-order valence-electron chi connectivity index (χ4n) is 0.676. The van der Waals surface area contributed by atoms with Crippen molar-refractivity contribution < 1.29 is 9.90 Å². The number of rotatable bonds is 1. The van der Waals surface area contributed by atoms with E-state index in [4.69, 9.17) is 11.5 Å². The minimum absolute atomic E-state index is 0.0248. The van der Waals surface area contributed by atoms with Gasteiger partial charge in [-0.3, -0.25) is 4.79 Å². The first-order valence-corrected chi connectivity index (χ1v) is 5.78. The molecule has 0 fully saturated rings. The van der Waals surface area contributed by atoms with E-state index in [1.165, 1.54) is 6.20 Å². The summed E-state index contributed by atoms with van der Waals surface area (Å²) in [7, 11) is 0. The number of hydrogen-bond donors (Lipinski definition) is 3. The Morgan fingerprint density at radius 3 is 2.31 bits per heavy atom. The number of allylic oxidation sites excluding steroid dienone is 1. The van der Waals surface area contributed by atoms with Crippen LogP contribution in [0.4, 0.5) is 0 Å². The molecule has 0 aliphatic heterocycles. The number of phenolic OH excluding ortho intramolecular Hbond substituents is 1. The molecule has 16 heavy (non-hydrogen) atoms. The van der Waals surface area contributed by atoms with Gasteiger partial charge in [-0.05, 0) is 35.0 Å². The van der Waals surface area contributed by atoms with Crippen molar-refractivity contribution in [2.75, 3.05) is 0 Å². The van der Waals surface area contributed by atoms with E-state index in [-0.39, 0.29) is 11.3 Å². The normalized spacial score (nSPS) is 10.3. The molecule has 0 heterocycles. The Morgan fingerprint density at radius 2 is 1.94 bits per heavy atom. The third-order valence-electron chi connectivity index (χ3n) is 1.45. The van der Waals surface area contributed by atoms with Crippen LogP contribution >= 0.6 is 31.9 Å². The molecule has 0 amide bonds. The molecule has 5 N–H and O–H groups in total. The highest BCUT2D eigenvalue weighted by molar-refractivity contribution is 9.11. The molecule has 0 radical (unpaired) electrons. The van der Waals surface area contributed by atoms with E-state index in [2.05, 4.69) is 31.9 Å². The molecule has 0 aromatic heterocycles. The standard InChI is InChI=1S/C7H4Br2O2.C3H8N2/c8-5-1-4(3-10)7(11)6(9)2-5;1-3(5)2-4/h1-3,11H;2H,4-5H2,1H3. The molecular weight excluding hydrogens is 340 g/mol. The number of carbonyl (C=O) groups is 1. The Labute approximate surface area is 111 Å². The van der Waals surface area contributed by atoms with Gasteiger partial charge in [0.05, 0.1) is 10.0 Å². The van der Waals surface area contributed by atoms with Crippen LogP contribution in [0.5, 0.6) is 5.75 Å². The number of aromatic hydroxyl groups is 1. The second kappa shape index (κ2) is 7.29. The Hall–Kier alpha value is -1.01. The number of carbonyl (C=O) groups excluding carboxylic acids is 1. The van der Waals surface area contributed by atoms with Crippen molar-refractivity contribution in [2.24, 2.45) is 11.5 Å². The summed E-state index contributed by atoms with van der Waals surface area (Å²) in [5.41, 5.74) is 10.8. The lowest BCUT2D eigenvalue weighted by atomic mass is 10.2. The van der Waals surface area contributed by atoms with Crippen LogP contribution in [0.25, 0.3) is 0 Å². The van der Waals surface area contributed by atoms with E-state index in [1.54, 1.807) is 19.1 Å². The molecule has 0 saturated carbocycles. The van der Waals surface area contributed by atoms with Gasteiger partial charge in [0.15, 0.2) is 6.29 Å². The lowest BCUT2D eigenvalue weighted by molar-refractivity contribution is 0.112. The lowest BCUT2D eigenvalue weighted by Gasteiger charge is -1.99. The molecule has 1 aromatic carbocycles. The second-order valence-electron chi connectivity index (χ2n) is 2.85. The Bertz CT molecular complexity index is 402. The fourth-order valence-corrected chi connectivity index (χ4v) is 1.93. The van der Waals surface area contributed by atoms with Gasteiger partial charge in [-0.15, -0.1) is 0 Å². The first-order valence-electron chi connectivity index (χ1n) is 4.19. The largest absolute Gasteiger partial charge is 0.506 e. The lowest BCUT2D eigenvalue weighted by Crippen LogP contribution is -1.93. The van der Waals surface area contributed by atoms with Crippen LogP contribution in [0.2, 0.25) is 0 Å². The van der Waals surface area contributed by atoms with Crippen molar-refractivity contribution in [3.63, 3.8) is 0 Å². The maximum Gasteiger partial charge on any atom is 0.153 e. The third kappa shape index (κ3) is 5.18. The van der Waals surface area contributed by atoms with Crippen LogP contribution in [-0.4, -0.2) is 11.4 Å². The van der Waals surface area contributed by atoms with Gasteiger partial charge in [-0.2, -0.15) is 0 Å². The van der Waals surface area contributed by atoms with Gasteiger partial charge in [0.25, 0.3) is 0 Å². The first-order chi connectivity index (χ1) is 7.42. The SMILES string of the molecule is CC(N)=CN.O=Cc1cc(Br)cc(Br)c1O. The predicted molar refractivity (Wildman–Crippen MR) is 71.0 cm³/mol. The number of nitrogens with two attached hydrogens (primary N) is 2. The minimum Gasteiger partial charge on any atom is -0.506 e. The monoisotopic (exact) mass is 350 g/mol. The number of phenols is 1. The fraction of sp³-hybridized carbons (Fsp3) is 0.100. The predicted octanol–water partition coefficient (Wildman–Crippen LogP) is 2.49. The molecule has 1 aromatic rings. The molecule has 4 nitrogen and oxygen atoms in total. The van der Waals surface area contributed by atoms with E-state index in [9.17, 15) is 9.90 Å². The minimum atomic E-state index is -0.0248. The summed E-state index contributed by atoms with van der Waals surface area (Å²) in [4.78, 5) is 10.3. The quantitative estimate of drug-likeness (QED) is 0.678. The molecule has 0 saturated heterocycles. The van der Waals surface area contributed by atoms with E-state index in [1.807, 2.05) is 0 Å². The number of benzene rings is 1. The summed E-state index contributed by atoms with van der Waals surface area (Å²) >= 11 is 6.29. The van der Waals surface area contributed by atoms with Gasteiger partial charge >= 0.3 is 0 Å². The summed E-state index contributed by atoms with van der Waals surface area (Å²) < 4.78 is 1.26. The van der Waals surface area contributed by atoms with Gasteiger partial charge < -0.3 is 16.6 Å². The zero-order valence-corrected chi connectivity index (χ0v) is 11.7. The molecular formula is C10H12Br2N2O2. The topological polar surface area (TPSA) is 89.3 Å². The zero-order valence-electron chi connectivity index (χ0n) is 8.58. The molecule has 0 aliphatic rings. The van der Waals surface area contributed by atoms with Gasteiger partial charge in [0.1, 0.15) is 5.75 Å². The maximum atomic E-state index is 10.3. The molecule has 88 valence electrons. The summed E-state index contributed by atoms with van der Waals surface area (Å²) in [6.45, 7) is 1.74. The van der Waals surface area contributed by atoms with Gasteiger partial charge in [-0.25, -0.2) is 0 Å². The highest BCUT2D eigenvalue weighted by Gasteiger charge is 2.05. The van der Waals surface area contributed by atoms with Gasteiger partial charge in [0, 0.05) is 16.4 Å². The van der Waals surface area contributed by atoms with Crippen LogP contribution in [0.1, 0.15) is 17.3 Å². The first kappa shape index (κ1) is 15.0. The average molecular weight is 352 g/mol. The third-order valence-corrected chi connectivity index (χ3v) is 2.51. The number of hydrogen-bond acceptors (Lipinski definition) is 4. The van der Waals surface area contributed by atoms with Crippen molar-refractivity contribution in [1.29, 1.82) is 0 Å². The van der Waals surface area contributed by atoms with Gasteiger partial charge in [0.2, 0.25) is 0 Å². The van der Waals surface area contributed by atoms with E-state index >= 15 is 0 Å². The summed E-state index contributed by atoms with van der Waals surface area (Å²) in [5, 5.41) is 9.22. The van der Waals surface area contributed by atoms with Crippen LogP contribution in [0.3, 0.4) is 0 Å². The van der Waals surface area contributed by atoms with E-state index < -0.39 is 0 Å². The second-order valence-corrected chi connectivity index (χ2v) is 4.62. The van der Waals surface area contributed by atoms with Crippen molar-refractivity contribution in [1.82, 2.24) is 0 Å². The summed E-state index contributed by atoms with van der Waals surface area (Å²) in [5.74, 6) is -0.0248. The summed E-state index contributed by atoms with van der Waals surface area (Å²) in [6.07, 6.45) is 1.96. The van der Waals surface area contributed by atoms with Crippen LogP contribution in [0.15, 0.2) is 33.0 Å². The van der Waals surface area contributed by atoms with E-state index in [0.717, 1.165) is 4.47 Å². The highest BCUT2D eigenvalue weighted by atomic mass is 79.9. The van der Waals surface area contributed by atoms with Crippen molar-refractivity contribution >= 4 is 38.1 Å². The Kier molecular flexibility index (Phi) is 6.83. The summed E-state index contributed by atoms with van der Waals surface area (Å²) in [6, 6.07) is 3.22. The smallest absolute Gasteiger partial charge is 0.153 e. The molecule has 1 rings (SSSR count). The molecule has 6 heteroatoms. The van der Waals surface area contributed by atoms with Crippen LogP contribution < -0.4 is 11.5 Å². The Balaban J connectivity index is 0.000000385.